The van der Waals surface area contributed by atoms with Crippen molar-refractivity contribution in [1.82, 2.24) is 24.6 Å². The Bertz CT molecular complexity index is 864. The lowest BCUT2D eigenvalue weighted by molar-refractivity contribution is -0.134. The van der Waals surface area contributed by atoms with E-state index in [1.54, 1.807) is 24.7 Å². The number of rotatable bonds is 4. The number of hydrogen-bond donors (Lipinski definition) is 0. The standard InChI is InChI=1S/C18H19N5O2/c24-18(12-23-13-19-15-6-1-2-7-16(15)23)22-10-4-5-14(11-22)25-17-8-3-9-20-21-17/h1-3,6-9,13-14H,4-5,10-12H2. The van der Waals surface area contributed by atoms with Gasteiger partial charge in [0.2, 0.25) is 11.8 Å². The van der Waals surface area contributed by atoms with Crippen molar-refractivity contribution in [2.75, 3.05) is 13.1 Å². The van der Waals surface area contributed by atoms with Crippen LogP contribution < -0.4 is 4.74 Å². The van der Waals surface area contributed by atoms with E-state index in [0.717, 1.165) is 30.4 Å². The quantitative estimate of drug-likeness (QED) is 0.727. The number of amides is 1. The van der Waals surface area contributed by atoms with Crippen molar-refractivity contribution in [3.63, 3.8) is 0 Å². The summed E-state index contributed by atoms with van der Waals surface area (Å²) in [6, 6.07) is 11.4. The summed E-state index contributed by atoms with van der Waals surface area (Å²) in [6.45, 7) is 1.62. The molecule has 1 saturated heterocycles. The van der Waals surface area contributed by atoms with Crippen LogP contribution in [-0.4, -0.2) is 49.7 Å². The van der Waals surface area contributed by atoms with Crippen LogP contribution in [-0.2, 0) is 11.3 Å². The van der Waals surface area contributed by atoms with Gasteiger partial charge in [-0.25, -0.2) is 4.98 Å². The van der Waals surface area contributed by atoms with Gasteiger partial charge in [0.1, 0.15) is 12.6 Å². The first-order chi connectivity index (χ1) is 12.3. The van der Waals surface area contributed by atoms with Gasteiger partial charge < -0.3 is 14.2 Å². The van der Waals surface area contributed by atoms with Crippen LogP contribution in [0.4, 0.5) is 0 Å². The minimum absolute atomic E-state index is 0.0473. The molecule has 0 saturated carbocycles. The van der Waals surface area contributed by atoms with E-state index in [2.05, 4.69) is 15.2 Å². The molecular formula is C18H19N5O2. The van der Waals surface area contributed by atoms with Gasteiger partial charge in [0.25, 0.3) is 0 Å². The third kappa shape index (κ3) is 3.45. The average molecular weight is 337 g/mol. The zero-order valence-corrected chi connectivity index (χ0v) is 13.8. The number of benzene rings is 1. The number of carbonyl (C=O) groups is 1. The molecule has 0 aliphatic carbocycles. The molecule has 1 fully saturated rings. The molecule has 3 aromatic rings. The van der Waals surface area contributed by atoms with Crippen molar-refractivity contribution < 1.29 is 9.53 Å². The second kappa shape index (κ2) is 6.88. The SMILES string of the molecule is O=C(Cn1cnc2ccccc21)N1CCCC(Oc2cccnn2)C1. The second-order valence-corrected chi connectivity index (χ2v) is 6.14. The highest BCUT2D eigenvalue weighted by Crippen LogP contribution is 2.17. The Balaban J connectivity index is 1.41. The van der Waals surface area contributed by atoms with E-state index in [0.29, 0.717) is 19.0 Å². The number of piperidine rings is 1. The normalized spacial score (nSPS) is 17.6. The maximum atomic E-state index is 12.7. The van der Waals surface area contributed by atoms with Crippen LogP contribution in [0.1, 0.15) is 12.8 Å². The number of likely N-dealkylation sites (tertiary alicyclic amines) is 1. The van der Waals surface area contributed by atoms with Crippen LogP contribution in [0.2, 0.25) is 0 Å². The molecule has 1 unspecified atom stereocenters. The van der Waals surface area contributed by atoms with E-state index in [1.165, 1.54) is 0 Å². The molecule has 4 rings (SSSR count). The number of nitrogens with zero attached hydrogens (tertiary/aromatic N) is 5. The molecular weight excluding hydrogens is 318 g/mol. The predicted octanol–water partition coefficient (Wildman–Crippen LogP) is 1.90. The summed E-state index contributed by atoms with van der Waals surface area (Å²) >= 11 is 0. The van der Waals surface area contributed by atoms with Gasteiger partial charge in [-0.1, -0.05) is 12.1 Å². The fourth-order valence-electron chi connectivity index (χ4n) is 3.16. The summed E-state index contributed by atoms with van der Waals surface area (Å²) < 4.78 is 7.75. The average Bonchev–Trinajstić information content (AvgIpc) is 3.06. The predicted molar refractivity (Wildman–Crippen MR) is 92.0 cm³/mol. The summed E-state index contributed by atoms with van der Waals surface area (Å²) in [5.41, 5.74) is 1.87. The first kappa shape index (κ1) is 15.6. The molecule has 0 N–H and O–H groups in total. The molecule has 1 atom stereocenters. The van der Waals surface area contributed by atoms with E-state index < -0.39 is 0 Å². The Hall–Kier alpha value is -2.96. The number of hydrogen-bond acceptors (Lipinski definition) is 5. The van der Waals surface area contributed by atoms with Crippen molar-refractivity contribution in [2.45, 2.75) is 25.5 Å². The summed E-state index contributed by atoms with van der Waals surface area (Å²) in [6.07, 6.45) is 5.11. The number of ether oxygens (including phenoxy) is 1. The molecule has 1 aliphatic rings. The molecule has 128 valence electrons. The Morgan fingerprint density at radius 1 is 1.24 bits per heavy atom. The smallest absolute Gasteiger partial charge is 0.242 e. The summed E-state index contributed by atoms with van der Waals surface area (Å²) in [5.74, 6) is 0.581. The number of carbonyl (C=O) groups excluding carboxylic acids is 1. The zero-order chi connectivity index (χ0) is 17.1. The van der Waals surface area contributed by atoms with Gasteiger partial charge in [-0.05, 0) is 31.0 Å². The lowest BCUT2D eigenvalue weighted by atomic mass is 10.1. The second-order valence-electron chi connectivity index (χ2n) is 6.14. The van der Waals surface area contributed by atoms with Crippen LogP contribution >= 0.6 is 0 Å². The van der Waals surface area contributed by atoms with E-state index >= 15 is 0 Å². The van der Waals surface area contributed by atoms with Crippen molar-refractivity contribution in [3.05, 3.63) is 48.9 Å². The maximum absolute atomic E-state index is 12.7. The highest BCUT2D eigenvalue weighted by atomic mass is 16.5. The van der Waals surface area contributed by atoms with Crippen LogP contribution in [0.25, 0.3) is 11.0 Å². The topological polar surface area (TPSA) is 73.1 Å². The van der Waals surface area contributed by atoms with E-state index in [1.807, 2.05) is 33.7 Å². The van der Waals surface area contributed by atoms with E-state index in [-0.39, 0.29) is 12.0 Å². The van der Waals surface area contributed by atoms with E-state index in [9.17, 15) is 4.79 Å². The molecule has 3 heterocycles. The summed E-state index contributed by atoms with van der Waals surface area (Å²) in [5, 5.41) is 7.77. The lowest BCUT2D eigenvalue weighted by Gasteiger charge is -2.32. The van der Waals surface area contributed by atoms with Gasteiger partial charge in [0.15, 0.2) is 0 Å². The fourth-order valence-corrected chi connectivity index (χ4v) is 3.16. The molecule has 0 spiro atoms. The minimum atomic E-state index is -0.0473. The third-order valence-electron chi connectivity index (χ3n) is 4.40. The van der Waals surface area contributed by atoms with Crippen LogP contribution in [0.5, 0.6) is 5.88 Å². The largest absolute Gasteiger partial charge is 0.471 e. The molecule has 7 heteroatoms. The van der Waals surface area contributed by atoms with Crippen LogP contribution in [0.3, 0.4) is 0 Å². The van der Waals surface area contributed by atoms with Gasteiger partial charge >= 0.3 is 0 Å². The molecule has 25 heavy (non-hydrogen) atoms. The summed E-state index contributed by atoms with van der Waals surface area (Å²) in [7, 11) is 0. The Morgan fingerprint density at radius 3 is 3.04 bits per heavy atom. The van der Waals surface area contributed by atoms with Gasteiger partial charge in [0.05, 0.1) is 23.9 Å². The van der Waals surface area contributed by atoms with Crippen molar-refractivity contribution in [2.24, 2.45) is 0 Å². The Labute approximate surface area is 145 Å². The van der Waals surface area contributed by atoms with Crippen molar-refractivity contribution in [1.29, 1.82) is 0 Å². The van der Waals surface area contributed by atoms with Gasteiger partial charge in [-0.2, -0.15) is 5.10 Å². The molecule has 7 nitrogen and oxygen atoms in total. The Kier molecular flexibility index (Phi) is 4.28. The highest BCUT2D eigenvalue weighted by Gasteiger charge is 2.25. The van der Waals surface area contributed by atoms with Crippen molar-refractivity contribution in [3.8, 4) is 5.88 Å². The van der Waals surface area contributed by atoms with E-state index in [4.69, 9.17) is 4.74 Å². The fraction of sp³-hybridized carbons (Fsp3) is 0.333. The molecule has 0 radical (unpaired) electrons. The number of aromatic nitrogens is 4. The van der Waals surface area contributed by atoms with Crippen LogP contribution in [0.15, 0.2) is 48.9 Å². The molecule has 1 amide bonds. The number of para-hydroxylation sites is 2. The maximum Gasteiger partial charge on any atom is 0.242 e. The van der Waals surface area contributed by atoms with Gasteiger partial charge in [0, 0.05) is 18.8 Å². The molecule has 1 aromatic carbocycles. The minimum Gasteiger partial charge on any atom is -0.471 e. The molecule has 1 aliphatic heterocycles. The summed E-state index contributed by atoms with van der Waals surface area (Å²) in [4.78, 5) is 18.9. The highest BCUT2D eigenvalue weighted by molar-refractivity contribution is 5.80. The van der Waals surface area contributed by atoms with Crippen molar-refractivity contribution >= 4 is 16.9 Å². The van der Waals surface area contributed by atoms with Gasteiger partial charge in [-0.15, -0.1) is 5.10 Å². The number of fused-ring (bicyclic) bond motifs is 1. The third-order valence-corrected chi connectivity index (χ3v) is 4.40. The molecule has 0 bridgehead atoms. The lowest BCUT2D eigenvalue weighted by Crippen LogP contribution is -2.45. The first-order valence-electron chi connectivity index (χ1n) is 8.41. The molecule has 2 aromatic heterocycles. The zero-order valence-electron chi connectivity index (χ0n) is 13.8. The van der Waals surface area contributed by atoms with Crippen LogP contribution in [0, 0.1) is 0 Å². The van der Waals surface area contributed by atoms with Gasteiger partial charge in [-0.3, -0.25) is 4.79 Å². The monoisotopic (exact) mass is 337 g/mol. The first-order valence-corrected chi connectivity index (χ1v) is 8.41. The Morgan fingerprint density at radius 2 is 2.16 bits per heavy atom. The number of imidazole rings is 1.